The second-order valence-corrected chi connectivity index (χ2v) is 3.44. The summed E-state index contributed by atoms with van der Waals surface area (Å²) in [5, 5.41) is 8.93. The van der Waals surface area contributed by atoms with Crippen molar-refractivity contribution in [2.45, 2.75) is 13.0 Å². The molecule has 0 aliphatic heterocycles. The third-order valence-corrected chi connectivity index (χ3v) is 2.19. The molecule has 1 aromatic rings. The van der Waals surface area contributed by atoms with Crippen molar-refractivity contribution in [1.82, 2.24) is 9.88 Å². The van der Waals surface area contributed by atoms with Crippen molar-refractivity contribution in [2.75, 3.05) is 19.7 Å². The summed E-state index contributed by atoms with van der Waals surface area (Å²) in [4.78, 5) is 6.26. The van der Waals surface area contributed by atoms with Gasteiger partial charge in [-0.25, -0.2) is 0 Å². The van der Waals surface area contributed by atoms with Gasteiger partial charge in [0, 0.05) is 32.0 Å². The number of rotatable bonds is 7. The van der Waals surface area contributed by atoms with Crippen molar-refractivity contribution < 1.29 is 5.11 Å². The third kappa shape index (κ3) is 4.72. The van der Waals surface area contributed by atoms with Gasteiger partial charge in [-0.3, -0.25) is 9.88 Å². The van der Waals surface area contributed by atoms with Crippen LogP contribution in [0.25, 0.3) is 0 Å². The van der Waals surface area contributed by atoms with Crippen molar-refractivity contribution in [2.24, 2.45) is 0 Å². The van der Waals surface area contributed by atoms with Crippen LogP contribution in [0.3, 0.4) is 0 Å². The Kier molecular flexibility index (Phi) is 5.66. The predicted octanol–water partition coefficient (Wildman–Crippen LogP) is 1.45. The Balaban J connectivity index is 2.46. The first-order valence-corrected chi connectivity index (χ1v) is 5.20. The Morgan fingerprint density at radius 3 is 2.93 bits per heavy atom. The Bertz CT molecular complexity index is 274. The molecule has 0 saturated heterocycles. The van der Waals surface area contributed by atoms with E-state index in [4.69, 9.17) is 5.11 Å². The van der Waals surface area contributed by atoms with Gasteiger partial charge < -0.3 is 5.11 Å². The smallest absolute Gasteiger partial charge is 0.0558 e. The Morgan fingerprint density at radius 1 is 1.47 bits per heavy atom. The van der Waals surface area contributed by atoms with Crippen LogP contribution in [0, 0.1) is 0 Å². The molecular formula is C12H18N2O. The average molecular weight is 206 g/mol. The highest BCUT2D eigenvalue weighted by Gasteiger charge is 2.03. The summed E-state index contributed by atoms with van der Waals surface area (Å²) >= 11 is 0. The maximum Gasteiger partial charge on any atom is 0.0558 e. The van der Waals surface area contributed by atoms with Crippen molar-refractivity contribution in [1.29, 1.82) is 0 Å². The first-order chi connectivity index (χ1) is 7.36. The number of hydrogen-bond acceptors (Lipinski definition) is 3. The van der Waals surface area contributed by atoms with Gasteiger partial charge in [-0.05, 0) is 18.1 Å². The number of aliphatic hydroxyl groups is 1. The second kappa shape index (κ2) is 7.15. The molecular weight excluding hydrogens is 188 g/mol. The Hall–Kier alpha value is -1.19. The van der Waals surface area contributed by atoms with E-state index in [1.807, 2.05) is 24.4 Å². The quantitative estimate of drug-likeness (QED) is 0.686. The number of aliphatic hydroxyl groups excluding tert-OH is 1. The molecule has 0 unspecified atom stereocenters. The minimum absolute atomic E-state index is 0.192. The van der Waals surface area contributed by atoms with E-state index in [0.717, 1.165) is 19.5 Å². The molecule has 82 valence electrons. The van der Waals surface area contributed by atoms with E-state index >= 15 is 0 Å². The lowest BCUT2D eigenvalue weighted by atomic mass is 10.2. The van der Waals surface area contributed by atoms with Gasteiger partial charge >= 0.3 is 0 Å². The minimum Gasteiger partial charge on any atom is -0.395 e. The zero-order valence-corrected chi connectivity index (χ0v) is 8.97. The molecule has 0 spiro atoms. The lowest BCUT2D eigenvalue weighted by Gasteiger charge is -2.20. The fourth-order valence-electron chi connectivity index (χ4n) is 1.44. The number of pyridine rings is 1. The minimum atomic E-state index is 0.192. The molecule has 1 rings (SSSR count). The van der Waals surface area contributed by atoms with E-state index in [9.17, 15) is 0 Å². The van der Waals surface area contributed by atoms with E-state index in [1.54, 1.807) is 6.20 Å². The lowest BCUT2D eigenvalue weighted by Crippen LogP contribution is -2.27. The van der Waals surface area contributed by atoms with Crippen LogP contribution in [0.1, 0.15) is 12.0 Å². The van der Waals surface area contributed by atoms with E-state index < -0.39 is 0 Å². The van der Waals surface area contributed by atoms with Crippen LogP contribution in [-0.4, -0.2) is 34.7 Å². The fraction of sp³-hybridized carbons (Fsp3) is 0.417. The highest BCUT2D eigenvalue weighted by Crippen LogP contribution is 2.03. The van der Waals surface area contributed by atoms with Gasteiger partial charge in [0.15, 0.2) is 0 Å². The van der Waals surface area contributed by atoms with Gasteiger partial charge in [-0.2, -0.15) is 0 Å². The highest BCUT2D eigenvalue weighted by molar-refractivity contribution is 5.08. The fourth-order valence-corrected chi connectivity index (χ4v) is 1.44. The van der Waals surface area contributed by atoms with Crippen molar-refractivity contribution in [3.05, 3.63) is 42.7 Å². The Labute approximate surface area is 91.1 Å². The van der Waals surface area contributed by atoms with E-state index in [-0.39, 0.29) is 6.61 Å². The van der Waals surface area contributed by atoms with Crippen LogP contribution in [-0.2, 0) is 6.54 Å². The maximum absolute atomic E-state index is 8.93. The van der Waals surface area contributed by atoms with Crippen LogP contribution < -0.4 is 0 Å². The van der Waals surface area contributed by atoms with Crippen molar-refractivity contribution >= 4 is 0 Å². The van der Waals surface area contributed by atoms with Gasteiger partial charge in [0.2, 0.25) is 0 Å². The predicted molar refractivity (Wildman–Crippen MR) is 61.4 cm³/mol. The molecule has 0 amide bonds. The summed E-state index contributed by atoms with van der Waals surface area (Å²) in [7, 11) is 0. The molecule has 0 bridgehead atoms. The molecule has 15 heavy (non-hydrogen) atoms. The summed E-state index contributed by atoms with van der Waals surface area (Å²) in [6, 6.07) is 3.98. The topological polar surface area (TPSA) is 36.4 Å². The van der Waals surface area contributed by atoms with Crippen molar-refractivity contribution in [3.63, 3.8) is 0 Å². The first kappa shape index (κ1) is 11.9. The zero-order valence-electron chi connectivity index (χ0n) is 8.97. The lowest BCUT2D eigenvalue weighted by molar-refractivity contribution is 0.192. The van der Waals surface area contributed by atoms with Gasteiger partial charge in [0.1, 0.15) is 0 Å². The molecule has 1 N–H and O–H groups in total. The molecule has 0 saturated carbocycles. The van der Waals surface area contributed by atoms with Gasteiger partial charge in [0.05, 0.1) is 6.61 Å². The monoisotopic (exact) mass is 206 g/mol. The third-order valence-electron chi connectivity index (χ3n) is 2.19. The molecule has 3 heteroatoms. The second-order valence-electron chi connectivity index (χ2n) is 3.44. The van der Waals surface area contributed by atoms with Crippen LogP contribution in [0.4, 0.5) is 0 Å². The summed E-state index contributed by atoms with van der Waals surface area (Å²) < 4.78 is 0. The standard InChI is InChI=1S/C12H18N2O/c1-2-3-7-14(8-9-15)11-12-5-4-6-13-10-12/h2,4-6,10,15H,1,3,7-9,11H2. The van der Waals surface area contributed by atoms with Gasteiger partial charge in [0.25, 0.3) is 0 Å². The van der Waals surface area contributed by atoms with Crippen LogP contribution in [0.2, 0.25) is 0 Å². The van der Waals surface area contributed by atoms with E-state index in [0.29, 0.717) is 6.54 Å². The average Bonchev–Trinajstić information content (AvgIpc) is 2.28. The SMILES string of the molecule is C=CCCN(CCO)Cc1cccnc1. The van der Waals surface area contributed by atoms with Crippen LogP contribution >= 0.6 is 0 Å². The van der Waals surface area contributed by atoms with E-state index in [2.05, 4.69) is 16.5 Å². The molecule has 0 aromatic carbocycles. The highest BCUT2D eigenvalue weighted by atomic mass is 16.3. The molecule has 3 nitrogen and oxygen atoms in total. The number of nitrogens with zero attached hydrogens (tertiary/aromatic N) is 2. The molecule has 0 radical (unpaired) electrons. The summed E-state index contributed by atoms with van der Waals surface area (Å²) in [5.41, 5.74) is 1.18. The number of aromatic nitrogens is 1. The van der Waals surface area contributed by atoms with Crippen molar-refractivity contribution in [3.8, 4) is 0 Å². The molecule has 0 aliphatic carbocycles. The Morgan fingerprint density at radius 2 is 2.33 bits per heavy atom. The zero-order chi connectivity index (χ0) is 10.9. The van der Waals surface area contributed by atoms with E-state index in [1.165, 1.54) is 5.56 Å². The molecule has 1 heterocycles. The summed E-state index contributed by atoms with van der Waals surface area (Å²) in [6.07, 6.45) is 6.47. The first-order valence-electron chi connectivity index (χ1n) is 5.20. The summed E-state index contributed by atoms with van der Waals surface area (Å²) in [6.45, 7) is 6.35. The van der Waals surface area contributed by atoms with Gasteiger partial charge in [-0.15, -0.1) is 6.58 Å². The largest absolute Gasteiger partial charge is 0.395 e. The summed E-state index contributed by atoms with van der Waals surface area (Å²) in [5.74, 6) is 0. The number of hydrogen-bond donors (Lipinski definition) is 1. The van der Waals surface area contributed by atoms with Crippen LogP contribution in [0.15, 0.2) is 37.2 Å². The molecule has 0 fully saturated rings. The van der Waals surface area contributed by atoms with Crippen LogP contribution in [0.5, 0.6) is 0 Å². The molecule has 0 aliphatic rings. The molecule has 1 aromatic heterocycles. The van der Waals surface area contributed by atoms with Gasteiger partial charge in [-0.1, -0.05) is 12.1 Å². The normalized spacial score (nSPS) is 10.5. The maximum atomic E-state index is 8.93. The molecule has 0 atom stereocenters.